The molecule has 6 nitrogen and oxygen atoms in total. The van der Waals surface area contributed by atoms with Gasteiger partial charge in [-0.2, -0.15) is 0 Å². The molecule has 0 heterocycles. The highest BCUT2D eigenvalue weighted by atomic mass is 35.5. The van der Waals surface area contributed by atoms with Crippen LogP contribution in [-0.2, 0) is 16.0 Å². The van der Waals surface area contributed by atoms with Crippen LogP contribution in [0.1, 0.15) is 22.8 Å². The number of hydrogen-bond donors (Lipinski definition) is 3. The van der Waals surface area contributed by atoms with Gasteiger partial charge < -0.3 is 16.0 Å². The molecule has 2 aromatic carbocycles. The second kappa shape index (κ2) is 9.58. The van der Waals surface area contributed by atoms with Crippen molar-refractivity contribution in [2.75, 3.05) is 18.4 Å². The summed E-state index contributed by atoms with van der Waals surface area (Å²) in [6.45, 7) is 2.14. The molecular formula is C19H20ClN3O3. The van der Waals surface area contributed by atoms with E-state index in [0.717, 1.165) is 5.56 Å². The minimum Gasteiger partial charge on any atom is -0.355 e. The number of rotatable bonds is 7. The molecule has 0 fully saturated rings. The minimum atomic E-state index is -0.241. The van der Waals surface area contributed by atoms with Crippen LogP contribution in [-0.4, -0.2) is 30.8 Å². The first kappa shape index (κ1) is 19.5. The molecule has 0 spiro atoms. The smallest absolute Gasteiger partial charge is 0.251 e. The van der Waals surface area contributed by atoms with Gasteiger partial charge in [0.2, 0.25) is 11.8 Å². The van der Waals surface area contributed by atoms with E-state index in [4.69, 9.17) is 11.6 Å². The van der Waals surface area contributed by atoms with Gasteiger partial charge in [0.15, 0.2) is 0 Å². The van der Waals surface area contributed by atoms with Crippen molar-refractivity contribution in [2.45, 2.75) is 13.3 Å². The molecule has 3 amide bonds. The summed E-state index contributed by atoms with van der Waals surface area (Å²) in [4.78, 5) is 34.8. The Morgan fingerprint density at radius 2 is 1.50 bits per heavy atom. The first-order chi connectivity index (χ1) is 12.4. The van der Waals surface area contributed by atoms with E-state index in [9.17, 15) is 14.4 Å². The van der Waals surface area contributed by atoms with Crippen LogP contribution < -0.4 is 16.0 Å². The number of carbonyl (C=O) groups excluding carboxylic acids is 3. The highest BCUT2D eigenvalue weighted by molar-refractivity contribution is 6.30. The van der Waals surface area contributed by atoms with E-state index in [1.165, 1.54) is 6.92 Å². The lowest BCUT2D eigenvalue weighted by molar-refractivity contribution is -0.119. The second-order valence-electron chi connectivity index (χ2n) is 5.67. The van der Waals surface area contributed by atoms with Gasteiger partial charge in [0.05, 0.1) is 6.42 Å². The number of halogens is 1. The van der Waals surface area contributed by atoms with Gasteiger partial charge in [-0.3, -0.25) is 14.4 Å². The molecule has 0 aliphatic rings. The summed E-state index contributed by atoms with van der Waals surface area (Å²) < 4.78 is 0. The molecule has 0 aliphatic heterocycles. The highest BCUT2D eigenvalue weighted by Gasteiger charge is 2.07. The molecule has 26 heavy (non-hydrogen) atoms. The third-order valence-electron chi connectivity index (χ3n) is 3.49. The topological polar surface area (TPSA) is 87.3 Å². The van der Waals surface area contributed by atoms with Crippen LogP contribution in [0.25, 0.3) is 0 Å². The molecule has 0 aliphatic carbocycles. The Labute approximate surface area is 156 Å². The molecule has 136 valence electrons. The van der Waals surface area contributed by atoms with E-state index in [1.807, 2.05) is 0 Å². The summed E-state index contributed by atoms with van der Waals surface area (Å²) in [5.74, 6) is -0.535. The van der Waals surface area contributed by atoms with Crippen molar-refractivity contribution in [1.29, 1.82) is 0 Å². The highest BCUT2D eigenvalue weighted by Crippen LogP contribution is 2.12. The Morgan fingerprint density at radius 1 is 0.885 bits per heavy atom. The summed E-state index contributed by atoms with van der Waals surface area (Å²) in [5, 5.41) is 8.71. The number of carbonyl (C=O) groups is 3. The SMILES string of the molecule is CC(=O)NCCNC(=O)c1ccc(NC(=O)Cc2ccc(Cl)cc2)cc1. The van der Waals surface area contributed by atoms with Crippen LogP contribution >= 0.6 is 11.6 Å². The number of hydrogen-bond acceptors (Lipinski definition) is 3. The van der Waals surface area contributed by atoms with Crippen LogP contribution in [0.5, 0.6) is 0 Å². The Balaban J connectivity index is 1.82. The predicted molar refractivity (Wildman–Crippen MR) is 101 cm³/mol. The Bertz CT molecular complexity index is 774. The maximum absolute atomic E-state index is 12.1. The molecule has 2 rings (SSSR count). The maximum atomic E-state index is 12.1. The molecule has 0 aromatic heterocycles. The van der Waals surface area contributed by atoms with Crippen molar-refractivity contribution in [2.24, 2.45) is 0 Å². The molecule has 0 saturated heterocycles. The van der Waals surface area contributed by atoms with E-state index < -0.39 is 0 Å². The van der Waals surface area contributed by atoms with Gasteiger partial charge in [0, 0.05) is 36.3 Å². The fourth-order valence-electron chi connectivity index (χ4n) is 2.21. The summed E-state index contributed by atoms with van der Waals surface area (Å²) in [5.41, 5.74) is 1.95. The summed E-state index contributed by atoms with van der Waals surface area (Å²) in [6, 6.07) is 13.7. The van der Waals surface area contributed by atoms with Gasteiger partial charge >= 0.3 is 0 Å². The van der Waals surface area contributed by atoms with Gasteiger partial charge in [0.25, 0.3) is 5.91 Å². The molecule has 0 radical (unpaired) electrons. The monoisotopic (exact) mass is 373 g/mol. The first-order valence-corrected chi connectivity index (χ1v) is 8.49. The van der Waals surface area contributed by atoms with Gasteiger partial charge in [-0.05, 0) is 42.0 Å². The molecule has 0 saturated carbocycles. The summed E-state index contributed by atoms with van der Waals surface area (Å²) in [7, 11) is 0. The Kier molecular flexibility index (Phi) is 7.17. The maximum Gasteiger partial charge on any atom is 0.251 e. The van der Waals surface area contributed by atoms with Crippen molar-refractivity contribution < 1.29 is 14.4 Å². The number of amides is 3. The Hall–Kier alpha value is -2.86. The third-order valence-corrected chi connectivity index (χ3v) is 3.75. The standard InChI is InChI=1S/C19H20ClN3O3/c1-13(24)21-10-11-22-19(26)15-4-8-17(9-5-15)23-18(25)12-14-2-6-16(20)7-3-14/h2-9H,10-12H2,1H3,(H,21,24)(H,22,26)(H,23,25). The van der Waals surface area contributed by atoms with E-state index >= 15 is 0 Å². The lowest BCUT2D eigenvalue weighted by Gasteiger charge is -2.08. The molecule has 0 bridgehead atoms. The first-order valence-electron chi connectivity index (χ1n) is 8.11. The molecule has 0 unspecified atom stereocenters. The van der Waals surface area contributed by atoms with Crippen molar-refractivity contribution >= 4 is 35.0 Å². The zero-order valence-corrected chi connectivity index (χ0v) is 15.1. The van der Waals surface area contributed by atoms with Crippen molar-refractivity contribution in [3.05, 3.63) is 64.7 Å². The average Bonchev–Trinajstić information content (AvgIpc) is 2.61. The van der Waals surface area contributed by atoms with Crippen LogP contribution in [0, 0.1) is 0 Å². The van der Waals surface area contributed by atoms with E-state index in [-0.39, 0.29) is 24.1 Å². The summed E-state index contributed by atoms with van der Waals surface area (Å²) in [6.07, 6.45) is 0.239. The van der Waals surface area contributed by atoms with Gasteiger partial charge in [-0.1, -0.05) is 23.7 Å². The molecule has 0 atom stereocenters. The fraction of sp³-hybridized carbons (Fsp3) is 0.211. The quantitative estimate of drug-likeness (QED) is 0.651. The fourth-order valence-corrected chi connectivity index (χ4v) is 2.34. The minimum absolute atomic E-state index is 0.141. The summed E-state index contributed by atoms with van der Waals surface area (Å²) >= 11 is 5.82. The number of benzene rings is 2. The van der Waals surface area contributed by atoms with Crippen molar-refractivity contribution in [3.63, 3.8) is 0 Å². The molecular weight excluding hydrogens is 354 g/mol. The normalized spacial score (nSPS) is 10.1. The molecule has 2 aromatic rings. The lowest BCUT2D eigenvalue weighted by Crippen LogP contribution is -2.33. The van der Waals surface area contributed by atoms with E-state index in [0.29, 0.717) is 29.4 Å². The second-order valence-corrected chi connectivity index (χ2v) is 6.10. The van der Waals surface area contributed by atoms with Crippen LogP contribution in [0.4, 0.5) is 5.69 Å². The zero-order valence-electron chi connectivity index (χ0n) is 14.3. The Morgan fingerprint density at radius 3 is 2.12 bits per heavy atom. The predicted octanol–water partition coefficient (Wildman–Crippen LogP) is 2.39. The van der Waals surface area contributed by atoms with Gasteiger partial charge in [0.1, 0.15) is 0 Å². The van der Waals surface area contributed by atoms with Crippen molar-refractivity contribution in [3.8, 4) is 0 Å². The average molecular weight is 374 g/mol. The largest absolute Gasteiger partial charge is 0.355 e. The zero-order chi connectivity index (χ0) is 18.9. The van der Waals surface area contributed by atoms with Crippen LogP contribution in [0.15, 0.2) is 48.5 Å². The van der Waals surface area contributed by atoms with Crippen molar-refractivity contribution in [1.82, 2.24) is 10.6 Å². The number of anilines is 1. The van der Waals surface area contributed by atoms with Crippen LogP contribution in [0.3, 0.4) is 0 Å². The molecule has 7 heteroatoms. The number of nitrogens with one attached hydrogen (secondary N) is 3. The van der Waals surface area contributed by atoms with E-state index in [1.54, 1.807) is 48.5 Å². The van der Waals surface area contributed by atoms with Crippen LogP contribution in [0.2, 0.25) is 5.02 Å². The van der Waals surface area contributed by atoms with E-state index in [2.05, 4.69) is 16.0 Å². The van der Waals surface area contributed by atoms with Gasteiger partial charge in [-0.15, -0.1) is 0 Å². The lowest BCUT2D eigenvalue weighted by atomic mass is 10.1. The van der Waals surface area contributed by atoms with Gasteiger partial charge in [-0.25, -0.2) is 0 Å². The molecule has 3 N–H and O–H groups in total. The third kappa shape index (κ3) is 6.57.